The molecule has 3 aromatic carbocycles. The lowest BCUT2D eigenvalue weighted by Crippen LogP contribution is -2.62. The minimum Gasteiger partial charge on any atom is -0.389 e. The van der Waals surface area contributed by atoms with Gasteiger partial charge in [-0.15, -0.1) is 0 Å². The number of ether oxygens (including phenoxy) is 1. The van der Waals surface area contributed by atoms with Crippen molar-refractivity contribution in [2.75, 3.05) is 13.7 Å². The minimum atomic E-state index is -2.84. The zero-order valence-electron chi connectivity index (χ0n) is 16.7. The summed E-state index contributed by atoms with van der Waals surface area (Å²) >= 11 is 0. The quantitative estimate of drug-likeness (QED) is 0.473. The van der Waals surface area contributed by atoms with E-state index in [0.29, 0.717) is 6.61 Å². The monoisotopic (exact) mass is 386 g/mol. The summed E-state index contributed by atoms with van der Waals surface area (Å²) in [6.07, 6.45) is 0. The van der Waals surface area contributed by atoms with Crippen LogP contribution in [-0.4, -0.2) is 22.0 Å². The summed E-state index contributed by atoms with van der Waals surface area (Å²) in [6.45, 7) is 4.62. The van der Waals surface area contributed by atoms with Crippen molar-refractivity contribution in [3.8, 4) is 11.5 Å². The van der Waals surface area contributed by atoms with Gasteiger partial charge in [0.05, 0.1) is 5.60 Å². The summed E-state index contributed by atoms with van der Waals surface area (Å²) in [4.78, 5) is 0. The van der Waals surface area contributed by atoms with Crippen molar-refractivity contribution in [2.24, 2.45) is 0 Å². The van der Waals surface area contributed by atoms with Gasteiger partial charge in [-0.2, -0.15) is 0 Å². The molecule has 0 bridgehead atoms. The lowest BCUT2D eigenvalue weighted by atomic mass is 9.99. The highest BCUT2D eigenvalue weighted by atomic mass is 28.4. The fraction of sp³-hybridized carbons (Fsp3) is 0.200. The van der Waals surface area contributed by atoms with Gasteiger partial charge in [0.1, 0.15) is 6.61 Å². The van der Waals surface area contributed by atoms with Gasteiger partial charge in [-0.25, -0.2) is 0 Å². The van der Waals surface area contributed by atoms with Crippen LogP contribution in [0.3, 0.4) is 0 Å². The van der Waals surface area contributed by atoms with Crippen LogP contribution in [0, 0.1) is 11.5 Å². The first-order valence-corrected chi connectivity index (χ1v) is 11.3. The van der Waals surface area contributed by atoms with Crippen molar-refractivity contribution in [3.63, 3.8) is 0 Å². The van der Waals surface area contributed by atoms with E-state index < -0.39 is 13.9 Å². The summed E-state index contributed by atoms with van der Waals surface area (Å²) in [5.41, 5.74) is 4.17. The SMILES string of the molecule is COCC#C[Si](OC(C)(C)c1ccccc1)(c1ccccc1)c1ccccc1. The van der Waals surface area contributed by atoms with Gasteiger partial charge in [0.15, 0.2) is 0 Å². The minimum absolute atomic E-state index is 0.379. The maximum Gasteiger partial charge on any atom is 0.338 e. The largest absolute Gasteiger partial charge is 0.389 e. The third-order valence-corrected chi connectivity index (χ3v) is 8.36. The van der Waals surface area contributed by atoms with E-state index in [1.165, 1.54) is 0 Å². The van der Waals surface area contributed by atoms with Crippen molar-refractivity contribution in [1.29, 1.82) is 0 Å². The Morgan fingerprint density at radius 1 is 0.750 bits per heavy atom. The molecule has 0 saturated heterocycles. The van der Waals surface area contributed by atoms with Crippen LogP contribution in [-0.2, 0) is 14.8 Å². The molecule has 3 rings (SSSR count). The fourth-order valence-electron chi connectivity index (χ4n) is 3.31. The fourth-order valence-corrected chi connectivity index (χ4v) is 6.75. The third kappa shape index (κ3) is 4.43. The molecule has 0 aliphatic heterocycles. The van der Waals surface area contributed by atoms with Crippen LogP contribution >= 0.6 is 0 Å². The highest BCUT2D eigenvalue weighted by Gasteiger charge is 2.43. The van der Waals surface area contributed by atoms with Gasteiger partial charge in [0.2, 0.25) is 0 Å². The zero-order chi connectivity index (χ0) is 19.9. The first-order valence-electron chi connectivity index (χ1n) is 9.44. The smallest absolute Gasteiger partial charge is 0.338 e. The van der Waals surface area contributed by atoms with Crippen LogP contribution in [0.15, 0.2) is 91.0 Å². The second-order valence-corrected chi connectivity index (χ2v) is 10.1. The van der Waals surface area contributed by atoms with Gasteiger partial charge >= 0.3 is 8.32 Å². The lowest BCUT2D eigenvalue weighted by Gasteiger charge is -2.37. The van der Waals surface area contributed by atoms with E-state index >= 15 is 0 Å². The predicted molar refractivity (Wildman–Crippen MR) is 118 cm³/mol. The molecule has 3 heteroatoms. The maximum atomic E-state index is 7.04. The van der Waals surface area contributed by atoms with Crippen LogP contribution in [0.4, 0.5) is 0 Å². The molecule has 0 fully saturated rings. The summed E-state index contributed by atoms with van der Waals surface area (Å²) < 4.78 is 12.3. The van der Waals surface area contributed by atoms with Crippen LogP contribution < -0.4 is 10.4 Å². The molecule has 2 nitrogen and oxygen atoms in total. The number of hydrogen-bond acceptors (Lipinski definition) is 2. The maximum absolute atomic E-state index is 7.04. The summed E-state index contributed by atoms with van der Waals surface area (Å²) in [7, 11) is -1.18. The Morgan fingerprint density at radius 2 is 1.21 bits per heavy atom. The van der Waals surface area contributed by atoms with Crippen LogP contribution in [0.5, 0.6) is 0 Å². The normalized spacial score (nSPS) is 11.5. The van der Waals surface area contributed by atoms with E-state index in [1.807, 2.05) is 30.3 Å². The van der Waals surface area contributed by atoms with E-state index in [1.54, 1.807) is 7.11 Å². The molecule has 0 heterocycles. The Labute approximate surface area is 169 Å². The van der Waals surface area contributed by atoms with E-state index in [9.17, 15) is 0 Å². The van der Waals surface area contributed by atoms with E-state index in [2.05, 4.69) is 86.0 Å². The molecule has 0 spiro atoms. The standard InChI is InChI=1S/C25H26O2Si/c1-25(2,22-14-7-4-8-15-22)27-28(21-13-20-26-3,23-16-9-5-10-17-23)24-18-11-6-12-19-24/h4-12,14-19H,20H2,1-3H3. The molecule has 0 aromatic heterocycles. The molecule has 0 aliphatic rings. The van der Waals surface area contributed by atoms with Crippen molar-refractivity contribution < 1.29 is 9.16 Å². The number of methoxy groups -OCH3 is 1. The van der Waals surface area contributed by atoms with E-state index in [0.717, 1.165) is 15.9 Å². The van der Waals surface area contributed by atoms with Gasteiger partial charge in [-0.1, -0.05) is 102 Å². The number of hydrogen-bond donors (Lipinski definition) is 0. The zero-order valence-corrected chi connectivity index (χ0v) is 17.7. The first-order chi connectivity index (χ1) is 13.6. The average Bonchev–Trinajstić information content (AvgIpc) is 2.75. The van der Waals surface area contributed by atoms with Gasteiger partial charge in [0.25, 0.3) is 0 Å². The molecule has 3 aromatic rings. The molecule has 0 unspecified atom stereocenters. The first kappa shape index (κ1) is 20.1. The van der Waals surface area contributed by atoms with Crippen LogP contribution in [0.2, 0.25) is 0 Å². The number of benzene rings is 3. The van der Waals surface area contributed by atoms with Gasteiger partial charge < -0.3 is 9.16 Å². The van der Waals surface area contributed by atoms with Crippen molar-refractivity contribution in [3.05, 3.63) is 96.6 Å². The Kier molecular flexibility index (Phi) is 6.48. The van der Waals surface area contributed by atoms with Crippen LogP contribution in [0.1, 0.15) is 19.4 Å². The predicted octanol–water partition coefficient (Wildman–Crippen LogP) is 3.89. The Morgan fingerprint density at radius 3 is 1.68 bits per heavy atom. The van der Waals surface area contributed by atoms with Gasteiger partial charge in [-0.3, -0.25) is 0 Å². The molecule has 0 atom stereocenters. The number of rotatable bonds is 6. The second kappa shape index (κ2) is 9.03. The van der Waals surface area contributed by atoms with E-state index in [-0.39, 0.29) is 0 Å². The molecule has 0 amide bonds. The molecule has 0 aliphatic carbocycles. The highest BCUT2D eigenvalue weighted by Crippen LogP contribution is 2.28. The van der Waals surface area contributed by atoms with Crippen molar-refractivity contribution in [1.82, 2.24) is 0 Å². The summed E-state index contributed by atoms with van der Waals surface area (Å²) in [5, 5.41) is 2.27. The lowest BCUT2D eigenvalue weighted by molar-refractivity contribution is 0.107. The Balaban J connectivity index is 2.19. The van der Waals surface area contributed by atoms with E-state index in [4.69, 9.17) is 9.16 Å². The molecular weight excluding hydrogens is 360 g/mol. The summed E-state index contributed by atoms with van der Waals surface area (Å²) in [6, 6.07) is 31.1. The molecule has 0 N–H and O–H groups in total. The second-order valence-electron chi connectivity index (χ2n) is 7.13. The van der Waals surface area contributed by atoms with Crippen molar-refractivity contribution in [2.45, 2.75) is 19.4 Å². The van der Waals surface area contributed by atoms with Gasteiger partial charge in [0, 0.05) is 7.11 Å². The molecule has 142 valence electrons. The molecule has 0 radical (unpaired) electrons. The Hall–Kier alpha value is -2.64. The molecule has 28 heavy (non-hydrogen) atoms. The highest BCUT2D eigenvalue weighted by molar-refractivity contribution is 7.03. The average molecular weight is 387 g/mol. The Bertz CT molecular complexity index is 886. The molecule has 0 saturated carbocycles. The van der Waals surface area contributed by atoms with Gasteiger partial charge in [-0.05, 0) is 29.8 Å². The topological polar surface area (TPSA) is 18.5 Å². The van der Waals surface area contributed by atoms with Crippen LogP contribution in [0.25, 0.3) is 0 Å². The molecular formula is C25H26O2Si. The third-order valence-electron chi connectivity index (χ3n) is 4.72. The van der Waals surface area contributed by atoms with Crippen molar-refractivity contribution >= 4 is 18.7 Å². The summed E-state index contributed by atoms with van der Waals surface area (Å²) in [5.74, 6) is 3.21.